The van der Waals surface area contributed by atoms with Gasteiger partial charge in [0.1, 0.15) is 0 Å². The minimum atomic E-state index is 0.770. The highest BCUT2D eigenvalue weighted by Gasteiger charge is 1.98. The van der Waals surface area contributed by atoms with E-state index in [1.165, 1.54) is 5.56 Å². The first-order valence-electron chi connectivity index (χ1n) is 5.93. The second-order valence-electron chi connectivity index (χ2n) is 3.98. The Labute approximate surface area is 109 Å². The van der Waals surface area contributed by atoms with Gasteiger partial charge in [-0.15, -0.1) is 0 Å². The van der Waals surface area contributed by atoms with Crippen LogP contribution in [0.1, 0.15) is 12.0 Å². The van der Waals surface area contributed by atoms with Crippen molar-refractivity contribution < 1.29 is 4.74 Å². The van der Waals surface area contributed by atoms with Crippen molar-refractivity contribution >= 4 is 17.3 Å². The number of ether oxygens (including phenoxy) is 1. The molecule has 0 aromatic heterocycles. The van der Waals surface area contributed by atoms with Gasteiger partial charge in [0.2, 0.25) is 0 Å². The summed E-state index contributed by atoms with van der Waals surface area (Å²) in [6.45, 7) is 5.71. The van der Waals surface area contributed by atoms with Crippen LogP contribution in [0.3, 0.4) is 0 Å². The fourth-order valence-electron chi connectivity index (χ4n) is 1.54. The molecule has 0 aliphatic rings. The van der Waals surface area contributed by atoms with Gasteiger partial charge < -0.3 is 15.4 Å². The van der Waals surface area contributed by atoms with E-state index < -0.39 is 0 Å². The summed E-state index contributed by atoms with van der Waals surface area (Å²) in [5.74, 6) is 0. The number of aryl methyl sites for hydroxylation is 1. The van der Waals surface area contributed by atoms with Crippen molar-refractivity contribution in [2.24, 2.45) is 0 Å². The summed E-state index contributed by atoms with van der Waals surface area (Å²) in [6, 6.07) is 5.89. The molecule has 0 saturated carbocycles. The summed E-state index contributed by atoms with van der Waals surface area (Å²) < 4.78 is 4.98. The van der Waals surface area contributed by atoms with E-state index in [-0.39, 0.29) is 0 Å². The van der Waals surface area contributed by atoms with E-state index in [0.717, 1.165) is 43.4 Å². The van der Waals surface area contributed by atoms with Crippen LogP contribution in [0, 0.1) is 6.92 Å². The van der Waals surface area contributed by atoms with Gasteiger partial charge in [-0.25, -0.2) is 0 Å². The predicted octanol–water partition coefficient (Wildman–Crippen LogP) is 2.69. The Balaban J connectivity index is 2.15. The first-order chi connectivity index (χ1) is 8.24. The zero-order chi connectivity index (χ0) is 12.5. The molecular formula is C13H21ClN2O. The lowest BCUT2D eigenvalue weighted by Gasteiger charge is -2.10. The molecule has 0 fully saturated rings. The summed E-state index contributed by atoms with van der Waals surface area (Å²) in [5, 5.41) is 7.49. The zero-order valence-corrected chi connectivity index (χ0v) is 11.3. The third kappa shape index (κ3) is 5.91. The van der Waals surface area contributed by atoms with Crippen molar-refractivity contribution in [3.63, 3.8) is 0 Å². The van der Waals surface area contributed by atoms with E-state index in [9.17, 15) is 0 Å². The van der Waals surface area contributed by atoms with Gasteiger partial charge in [0.15, 0.2) is 0 Å². The van der Waals surface area contributed by atoms with Crippen LogP contribution < -0.4 is 10.6 Å². The molecule has 0 radical (unpaired) electrons. The van der Waals surface area contributed by atoms with Crippen molar-refractivity contribution in [1.29, 1.82) is 0 Å². The monoisotopic (exact) mass is 256 g/mol. The van der Waals surface area contributed by atoms with E-state index in [4.69, 9.17) is 16.3 Å². The fraction of sp³-hybridized carbons (Fsp3) is 0.538. The number of halogens is 1. The lowest BCUT2D eigenvalue weighted by Crippen LogP contribution is -2.24. The molecule has 0 spiro atoms. The van der Waals surface area contributed by atoms with Crippen LogP contribution in [0.4, 0.5) is 5.69 Å². The van der Waals surface area contributed by atoms with Crippen LogP contribution in [0.2, 0.25) is 5.02 Å². The maximum absolute atomic E-state index is 5.94. The third-order valence-corrected chi connectivity index (χ3v) is 2.75. The van der Waals surface area contributed by atoms with E-state index in [1.54, 1.807) is 7.11 Å². The Morgan fingerprint density at radius 3 is 2.82 bits per heavy atom. The Hall–Kier alpha value is -0.770. The maximum Gasteiger partial charge on any atom is 0.0474 e. The molecule has 0 heterocycles. The van der Waals surface area contributed by atoms with E-state index in [0.29, 0.717) is 0 Å². The van der Waals surface area contributed by atoms with Gasteiger partial charge in [-0.3, -0.25) is 0 Å². The number of rotatable bonds is 8. The first-order valence-corrected chi connectivity index (χ1v) is 6.31. The maximum atomic E-state index is 5.94. The second kappa shape index (κ2) is 8.34. The standard InChI is InChI=1S/C13H21ClN2O/c1-11-4-5-12(14)10-13(11)16-8-7-15-6-3-9-17-2/h4-5,10,15-16H,3,6-9H2,1-2H3. The average molecular weight is 257 g/mol. The lowest BCUT2D eigenvalue weighted by molar-refractivity contribution is 0.194. The Bertz CT molecular complexity index is 331. The number of methoxy groups -OCH3 is 1. The van der Waals surface area contributed by atoms with Gasteiger partial charge in [-0.2, -0.15) is 0 Å². The molecule has 0 unspecified atom stereocenters. The fourth-order valence-corrected chi connectivity index (χ4v) is 1.71. The molecule has 96 valence electrons. The number of anilines is 1. The molecule has 0 amide bonds. The molecule has 0 bridgehead atoms. The third-order valence-electron chi connectivity index (χ3n) is 2.52. The highest BCUT2D eigenvalue weighted by Crippen LogP contribution is 2.19. The molecule has 4 heteroatoms. The molecule has 0 saturated heterocycles. The smallest absolute Gasteiger partial charge is 0.0474 e. The largest absolute Gasteiger partial charge is 0.385 e. The van der Waals surface area contributed by atoms with Crippen molar-refractivity contribution in [2.45, 2.75) is 13.3 Å². The highest BCUT2D eigenvalue weighted by molar-refractivity contribution is 6.30. The molecule has 2 N–H and O–H groups in total. The predicted molar refractivity (Wildman–Crippen MR) is 74.0 cm³/mol. The van der Waals surface area contributed by atoms with Crippen LogP contribution >= 0.6 is 11.6 Å². The molecule has 1 rings (SSSR count). The molecule has 3 nitrogen and oxygen atoms in total. The minimum Gasteiger partial charge on any atom is -0.385 e. The normalized spacial score (nSPS) is 10.5. The number of hydrogen-bond acceptors (Lipinski definition) is 3. The summed E-state index contributed by atoms with van der Waals surface area (Å²) in [7, 11) is 1.73. The molecular weight excluding hydrogens is 236 g/mol. The Kier molecular flexibility index (Phi) is 7.01. The second-order valence-corrected chi connectivity index (χ2v) is 4.42. The summed E-state index contributed by atoms with van der Waals surface area (Å²) in [6.07, 6.45) is 1.05. The van der Waals surface area contributed by atoms with Gasteiger partial charge >= 0.3 is 0 Å². The molecule has 1 aromatic rings. The molecule has 0 atom stereocenters. The Morgan fingerprint density at radius 2 is 2.06 bits per heavy atom. The first kappa shape index (κ1) is 14.3. The average Bonchev–Trinajstić information content (AvgIpc) is 2.32. The summed E-state index contributed by atoms with van der Waals surface area (Å²) in [5.41, 5.74) is 2.32. The lowest BCUT2D eigenvalue weighted by atomic mass is 10.2. The van der Waals surface area contributed by atoms with Gasteiger partial charge in [0.25, 0.3) is 0 Å². The number of benzene rings is 1. The van der Waals surface area contributed by atoms with Crippen LogP contribution in [0.25, 0.3) is 0 Å². The van der Waals surface area contributed by atoms with Crippen LogP contribution in [0.15, 0.2) is 18.2 Å². The van der Waals surface area contributed by atoms with Crippen molar-refractivity contribution in [3.05, 3.63) is 28.8 Å². The number of hydrogen-bond donors (Lipinski definition) is 2. The van der Waals surface area contributed by atoms with E-state index in [2.05, 4.69) is 17.6 Å². The SMILES string of the molecule is COCCCNCCNc1cc(Cl)ccc1C. The van der Waals surface area contributed by atoms with Gasteiger partial charge in [0, 0.05) is 37.5 Å². The van der Waals surface area contributed by atoms with Crippen molar-refractivity contribution in [1.82, 2.24) is 5.32 Å². The summed E-state index contributed by atoms with van der Waals surface area (Å²) in [4.78, 5) is 0. The van der Waals surface area contributed by atoms with Crippen molar-refractivity contribution in [3.8, 4) is 0 Å². The zero-order valence-electron chi connectivity index (χ0n) is 10.6. The highest BCUT2D eigenvalue weighted by atomic mass is 35.5. The van der Waals surface area contributed by atoms with E-state index >= 15 is 0 Å². The van der Waals surface area contributed by atoms with Gasteiger partial charge in [0.05, 0.1) is 0 Å². The number of nitrogens with one attached hydrogen (secondary N) is 2. The van der Waals surface area contributed by atoms with Crippen LogP contribution in [0.5, 0.6) is 0 Å². The molecule has 0 aliphatic heterocycles. The summed E-state index contributed by atoms with van der Waals surface area (Å²) >= 11 is 5.94. The molecule has 0 aliphatic carbocycles. The van der Waals surface area contributed by atoms with Crippen LogP contribution in [-0.4, -0.2) is 33.4 Å². The molecule has 17 heavy (non-hydrogen) atoms. The molecule has 1 aromatic carbocycles. The van der Waals surface area contributed by atoms with Gasteiger partial charge in [-0.1, -0.05) is 17.7 Å². The van der Waals surface area contributed by atoms with E-state index in [1.807, 2.05) is 18.2 Å². The van der Waals surface area contributed by atoms with Gasteiger partial charge in [-0.05, 0) is 37.6 Å². The topological polar surface area (TPSA) is 33.3 Å². The minimum absolute atomic E-state index is 0.770. The van der Waals surface area contributed by atoms with Crippen molar-refractivity contribution in [2.75, 3.05) is 38.7 Å². The Morgan fingerprint density at radius 1 is 1.24 bits per heavy atom. The van der Waals surface area contributed by atoms with Crippen LogP contribution in [-0.2, 0) is 4.74 Å². The quantitative estimate of drug-likeness (QED) is 0.702.